The predicted molar refractivity (Wildman–Crippen MR) is 131 cm³/mol. The van der Waals surface area contributed by atoms with E-state index in [0.29, 0.717) is 24.0 Å². The molecule has 1 fully saturated rings. The van der Waals surface area contributed by atoms with E-state index in [1.165, 1.54) is 24.3 Å². The third kappa shape index (κ3) is 5.91. The van der Waals surface area contributed by atoms with Gasteiger partial charge in [-0.1, -0.05) is 42.5 Å². The van der Waals surface area contributed by atoms with Crippen LogP contribution in [-0.2, 0) is 25.7 Å². The van der Waals surface area contributed by atoms with E-state index < -0.39 is 22.0 Å². The Morgan fingerprint density at radius 2 is 1.70 bits per heavy atom. The van der Waals surface area contributed by atoms with Gasteiger partial charge < -0.3 is 9.64 Å². The molecular formula is C25H25F3N4O4S. The van der Waals surface area contributed by atoms with Crippen molar-refractivity contribution in [3.63, 3.8) is 0 Å². The zero-order valence-electron chi connectivity index (χ0n) is 19.9. The molecular weight excluding hydrogens is 509 g/mol. The Kier molecular flexibility index (Phi) is 7.51. The zero-order chi connectivity index (χ0) is 26.8. The van der Waals surface area contributed by atoms with Gasteiger partial charge >= 0.3 is 12.1 Å². The van der Waals surface area contributed by atoms with Crippen LogP contribution in [0.15, 0.2) is 59.5 Å². The molecule has 4 rings (SSSR count). The van der Waals surface area contributed by atoms with E-state index in [9.17, 15) is 26.4 Å². The third-order valence-corrected chi connectivity index (χ3v) is 6.97. The number of esters is 1. The van der Waals surface area contributed by atoms with Crippen LogP contribution in [0.25, 0.3) is 22.4 Å². The van der Waals surface area contributed by atoms with Crippen LogP contribution < -0.4 is 10.0 Å². The van der Waals surface area contributed by atoms with Gasteiger partial charge in [-0.05, 0) is 37.5 Å². The molecule has 1 aromatic heterocycles. The summed E-state index contributed by atoms with van der Waals surface area (Å²) in [6.07, 6.45) is -4.09. The number of sulfonamides is 1. The van der Waals surface area contributed by atoms with Crippen LogP contribution in [0.3, 0.4) is 0 Å². The fourth-order valence-corrected chi connectivity index (χ4v) is 4.85. The fourth-order valence-electron chi connectivity index (χ4n) is 4.29. The van der Waals surface area contributed by atoms with E-state index in [1.807, 2.05) is 0 Å². The smallest absolute Gasteiger partial charge is 0.451 e. The molecule has 1 aliphatic heterocycles. The number of nitrogens with zero attached hydrogens (tertiary/aromatic N) is 3. The number of anilines is 1. The molecule has 2 N–H and O–H groups in total. The summed E-state index contributed by atoms with van der Waals surface area (Å²) in [7, 11) is -4.12. The number of hydrogen-bond acceptors (Lipinski definition) is 7. The number of aromatic nitrogens is 2. The van der Waals surface area contributed by atoms with Crippen molar-refractivity contribution in [1.82, 2.24) is 9.97 Å². The molecule has 1 aliphatic rings. The van der Waals surface area contributed by atoms with Crippen molar-refractivity contribution in [1.29, 1.82) is 0 Å². The van der Waals surface area contributed by atoms with Crippen molar-refractivity contribution >= 4 is 21.8 Å². The maximum absolute atomic E-state index is 14.0. The first kappa shape index (κ1) is 26.6. The number of piperidine rings is 1. The number of halogens is 3. The van der Waals surface area contributed by atoms with Gasteiger partial charge in [0.25, 0.3) is 0 Å². The molecule has 8 nitrogen and oxygen atoms in total. The van der Waals surface area contributed by atoms with Gasteiger partial charge in [-0.2, -0.15) is 13.2 Å². The van der Waals surface area contributed by atoms with Crippen LogP contribution in [0.4, 0.5) is 19.0 Å². The molecule has 0 spiro atoms. The monoisotopic (exact) mass is 534 g/mol. The summed E-state index contributed by atoms with van der Waals surface area (Å²) in [6, 6.07) is 14.0. The number of hydrogen-bond donors (Lipinski definition) is 1. The van der Waals surface area contributed by atoms with E-state index in [4.69, 9.17) is 9.88 Å². The number of ether oxygens (including phenoxy) is 1. The Hall–Kier alpha value is -3.51. The molecule has 0 bridgehead atoms. The average molecular weight is 535 g/mol. The molecule has 1 saturated heterocycles. The minimum atomic E-state index is -4.86. The van der Waals surface area contributed by atoms with E-state index >= 15 is 0 Å². The van der Waals surface area contributed by atoms with Gasteiger partial charge in [0.05, 0.1) is 28.7 Å². The lowest BCUT2D eigenvalue weighted by Crippen LogP contribution is -2.38. The van der Waals surface area contributed by atoms with Crippen LogP contribution in [0.5, 0.6) is 0 Å². The van der Waals surface area contributed by atoms with Crippen molar-refractivity contribution in [2.24, 2.45) is 11.1 Å². The Bertz CT molecular complexity index is 1390. The number of alkyl halides is 3. The predicted octanol–water partition coefficient (Wildman–Crippen LogP) is 4.26. The lowest BCUT2D eigenvalue weighted by molar-refractivity contribution is -0.148. The van der Waals surface area contributed by atoms with Crippen LogP contribution in [-0.4, -0.2) is 44.1 Å². The first-order valence-corrected chi connectivity index (χ1v) is 13.1. The first-order valence-electron chi connectivity index (χ1n) is 11.6. The molecule has 2 aromatic carbocycles. The highest BCUT2D eigenvalue weighted by Crippen LogP contribution is 2.41. The number of primary sulfonamides is 1. The van der Waals surface area contributed by atoms with E-state index in [-0.39, 0.29) is 53.6 Å². The number of nitrogens with two attached hydrogens (primary N) is 1. The topological polar surface area (TPSA) is 115 Å². The molecule has 12 heteroatoms. The van der Waals surface area contributed by atoms with Gasteiger partial charge in [-0.15, -0.1) is 0 Å². The molecule has 0 saturated carbocycles. The fraction of sp³-hybridized carbons (Fsp3) is 0.320. The molecule has 2 heterocycles. The van der Waals surface area contributed by atoms with Crippen molar-refractivity contribution in [2.45, 2.75) is 30.8 Å². The Morgan fingerprint density at radius 1 is 1.05 bits per heavy atom. The highest BCUT2D eigenvalue weighted by atomic mass is 32.2. The summed E-state index contributed by atoms with van der Waals surface area (Å²) < 4.78 is 70.9. The molecule has 0 unspecified atom stereocenters. The number of carbonyl (C=O) groups excluding carboxylic acids is 1. The van der Waals surface area contributed by atoms with Crippen LogP contribution in [0.2, 0.25) is 0 Å². The highest BCUT2D eigenvalue weighted by Gasteiger charge is 2.38. The van der Waals surface area contributed by atoms with Crippen LogP contribution >= 0.6 is 0 Å². The molecule has 0 aliphatic carbocycles. The highest BCUT2D eigenvalue weighted by molar-refractivity contribution is 7.89. The maximum atomic E-state index is 14.0. The number of rotatable bonds is 6. The Morgan fingerprint density at radius 3 is 2.30 bits per heavy atom. The van der Waals surface area contributed by atoms with Crippen molar-refractivity contribution < 1.29 is 31.1 Å². The van der Waals surface area contributed by atoms with Crippen molar-refractivity contribution in [3.8, 4) is 22.4 Å². The van der Waals surface area contributed by atoms with Gasteiger partial charge in [-0.3, -0.25) is 4.79 Å². The third-order valence-electron chi connectivity index (χ3n) is 6.06. The van der Waals surface area contributed by atoms with E-state index in [1.54, 1.807) is 42.2 Å². The average Bonchev–Trinajstić information content (AvgIpc) is 2.88. The maximum Gasteiger partial charge on any atom is 0.451 e. The molecule has 0 atom stereocenters. The summed E-state index contributed by atoms with van der Waals surface area (Å²) in [5.41, 5.74) is 0.923. The number of carbonyl (C=O) groups is 1. The quantitative estimate of drug-likeness (QED) is 0.470. The molecule has 0 amide bonds. The van der Waals surface area contributed by atoms with Gasteiger partial charge in [0.15, 0.2) is 0 Å². The SMILES string of the molecule is CCOC(=O)C1CCN(c2nc(C(F)(F)F)nc(-c3cccc(S(N)(=O)=O)c3)c2-c2ccccc2)CC1. The lowest BCUT2D eigenvalue weighted by atomic mass is 9.95. The summed E-state index contributed by atoms with van der Waals surface area (Å²) >= 11 is 0. The minimum Gasteiger partial charge on any atom is -0.466 e. The molecule has 0 radical (unpaired) electrons. The molecule has 3 aromatic rings. The van der Waals surface area contributed by atoms with Gasteiger partial charge in [0.2, 0.25) is 15.8 Å². The van der Waals surface area contributed by atoms with E-state index in [2.05, 4.69) is 9.97 Å². The molecule has 37 heavy (non-hydrogen) atoms. The standard InChI is InChI=1S/C25H25F3N4O4S/c1-2-36-23(33)17-11-13-32(14-12-17)22-20(16-7-4-3-5-8-16)21(30-24(31-22)25(26,27)28)18-9-6-10-19(15-18)37(29,34)35/h3-10,15,17H,2,11-14H2,1H3,(H2,29,34,35). The van der Waals surface area contributed by atoms with Crippen molar-refractivity contribution in [3.05, 3.63) is 60.4 Å². The first-order chi connectivity index (χ1) is 17.5. The largest absolute Gasteiger partial charge is 0.466 e. The lowest BCUT2D eigenvalue weighted by Gasteiger charge is -2.33. The zero-order valence-corrected chi connectivity index (χ0v) is 20.7. The normalized spacial score (nSPS) is 15.0. The Labute approximate surface area is 212 Å². The van der Waals surface area contributed by atoms with Crippen molar-refractivity contribution in [2.75, 3.05) is 24.6 Å². The van der Waals surface area contributed by atoms with Gasteiger partial charge in [0, 0.05) is 18.7 Å². The number of benzene rings is 2. The summed E-state index contributed by atoms with van der Waals surface area (Å²) in [5.74, 6) is -1.99. The van der Waals surface area contributed by atoms with Gasteiger partial charge in [0.1, 0.15) is 5.82 Å². The second-order valence-electron chi connectivity index (χ2n) is 8.54. The summed E-state index contributed by atoms with van der Waals surface area (Å²) in [4.78, 5) is 21.4. The van der Waals surface area contributed by atoms with E-state index in [0.717, 1.165) is 0 Å². The summed E-state index contributed by atoms with van der Waals surface area (Å²) in [6.45, 7) is 2.51. The molecule has 196 valence electrons. The van der Waals surface area contributed by atoms with Gasteiger partial charge in [-0.25, -0.2) is 23.5 Å². The minimum absolute atomic E-state index is 0.0480. The second kappa shape index (κ2) is 10.5. The van der Waals surface area contributed by atoms with Crippen LogP contribution in [0, 0.1) is 5.92 Å². The summed E-state index contributed by atoms with van der Waals surface area (Å²) in [5, 5.41) is 5.27. The van der Waals surface area contributed by atoms with Crippen LogP contribution in [0.1, 0.15) is 25.6 Å². The second-order valence-corrected chi connectivity index (χ2v) is 10.1. The Balaban J connectivity index is 1.91.